The number of carbonyl (C=O) groups excluding carboxylic acids is 2. The minimum absolute atomic E-state index is 0.158. The highest BCUT2D eigenvalue weighted by molar-refractivity contribution is 6.31. The van der Waals surface area contributed by atoms with Crippen LogP contribution in [0.4, 0.5) is 18.9 Å². The van der Waals surface area contributed by atoms with Crippen molar-refractivity contribution in [1.29, 1.82) is 0 Å². The third-order valence-electron chi connectivity index (χ3n) is 3.32. The van der Waals surface area contributed by atoms with Gasteiger partial charge in [-0.3, -0.25) is 4.79 Å². The zero-order valence-electron chi connectivity index (χ0n) is 12.8. The summed E-state index contributed by atoms with van der Waals surface area (Å²) in [4.78, 5) is 23.6. The number of benzene rings is 2. The van der Waals surface area contributed by atoms with Crippen LogP contribution in [0.3, 0.4) is 0 Å². The van der Waals surface area contributed by atoms with Crippen LogP contribution >= 0.6 is 11.6 Å². The fourth-order valence-electron chi connectivity index (χ4n) is 2.13. The van der Waals surface area contributed by atoms with Crippen molar-refractivity contribution < 1.29 is 31.9 Å². The molecule has 1 heterocycles. The molecule has 3 rings (SSSR count). The first-order chi connectivity index (χ1) is 12.3. The highest BCUT2D eigenvalue weighted by Gasteiger charge is 2.18. The molecule has 134 valence electrons. The van der Waals surface area contributed by atoms with Gasteiger partial charge in [-0.1, -0.05) is 11.6 Å². The molecular formula is C17H9ClF3NO4. The minimum atomic E-state index is -1.72. The van der Waals surface area contributed by atoms with Gasteiger partial charge in [0.1, 0.15) is 5.58 Å². The maximum absolute atomic E-state index is 13.5. The first-order valence-corrected chi connectivity index (χ1v) is 7.52. The summed E-state index contributed by atoms with van der Waals surface area (Å²) in [5.41, 5.74) is -0.182. The summed E-state index contributed by atoms with van der Waals surface area (Å²) in [6.07, 6.45) is 0. The van der Waals surface area contributed by atoms with E-state index in [2.05, 4.69) is 0 Å². The van der Waals surface area contributed by atoms with Crippen LogP contribution in [0.25, 0.3) is 11.0 Å². The number of rotatable bonds is 4. The Morgan fingerprint density at radius 3 is 2.62 bits per heavy atom. The molecule has 0 unspecified atom stereocenters. The molecule has 0 aliphatic carbocycles. The largest absolute Gasteiger partial charge is 0.450 e. The van der Waals surface area contributed by atoms with Gasteiger partial charge in [0.2, 0.25) is 5.76 Å². The molecule has 0 bridgehead atoms. The van der Waals surface area contributed by atoms with Crippen molar-refractivity contribution in [2.24, 2.45) is 0 Å². The first-order valence-electron chi connectivity index (χ1n) is 7.14. The van der Waals surface area contributed by atoms with Crippen LogP contribution in [-0.2, 0) is 9.53 Å². The maximum atomic E-state index is 13.5. The number of ether oxygens (including phenoxy) is 1. The monoisotopic (exact) mass is 383 g/mol. The highest BCUT2D eigenvalue weighted by atomic mass is 35.5. The van der Waals surface area contributed by atoms with Gasteiger partial charge in [-0.2, -0.15) is 0 Å². The maximum Gasteiger partial charge on any atom is 0.374 e. The van der Waals surface area contributed by atoms with Gasteiger partial charge < -0.3 is 14.5 Å². The summed E-state index contributed by atoms with van der Waals surface area (Å²) in [6, 6.07) is 7.60. The summed E-state index contributed by atoms with van der Waals surface area (Å²) in [6.45, 7) is -0.783. The van der Waals surface area contributed by atoms with Crippen molar-refractivity contribution in [3.8, 4) is 0 Å². The Labute approximate surface area is 149 Å². The van der Waals surface area contributed by atoms with Crippen LogP contribution in [0, 0.1) is 17.5 Å². The molecule has 0 radical (unpaired) electrons. The van der Waals surface area contributed by atoms with E-state index in [1.165, 1.54) is 6.07 Å². The van der Waals surface area contributed by atoms with Crippen LogP contribution < -0.4 is 5.32 Å². The number of fused-ring (bicyclic) bond motifs is 1. The SMILES string of the molecule is O=C(COC(=O)c1cc2cc(Cl)ccc2o1)Nc1ccc(F)c(F)c1F. The number of hydrogen-bond acceptors (Lipinski definition) is 4. The number of anilines is 1. The number of nitrogens with one attached hydrogen (secondary N) is 1. The van der Waals surface area contributed by atoms with Crippen molar-refractivity contribution in [2.45, 2.75) is 0 Å². The number of halogens is 4. The number of amides is 1. The normalized spacial score (nSPS) is 10.8. The van der Waals surface area contributed by atoms with Crippen LogP contribution in [0.15, 0.2) is 40.8 Å². The van der Waals surface area contributed by atoms with E-state index in [9.17, 15) is 22.8 Å². The number of hydrogen-bond donors (Lipinski definition) is 1. The van der Waals surface area contributed by atoms with Crippen molar-refractivity contribution in [3.05, 3.63) is 64.6 Å². The fraction of sp³-hybridized carbons (Fsp3) is 0.0588. The standard InChI is InChI=1S/C17H9ClF3NO4/c18-9-1-4-12-8(5-9)6-13(26-12)17(24)25-7-14(23)22-11-3-2-10(19)15(20)16(11)21/h1-6H,7H2,(H,22,23). The summed E-state index contributed by atoms with van der Waals surface area (Å²) >= 11 is 5.83. The number of carbonyl (C=O) groups is 2. The van der Waals surface area contributed by atoms with Gasteiger partial charge in [0.05, 0.1) is 5.69 Å². The molecule has 0 saturated heterocycles. The molecular weight excluding hydrogens is 375 g/mol. The van der Waals surface area contributed by atoms with Gasteiger partial charge in [-0.15, -0.1) is 0 Å². The first kappa shape index (κ1) is 17.8. The van der Waals surface area contributed by atoms with Gasteiger partial charge in [-0.05, 0) is 36.4 Å². The van der Waals surface area contributed by atoms with Crippen molar-refractivity contribution >= 4 is 40.1 Å². The van der Waals surface area contributed by atoms with Gasteiger partial charge in [0, 0.05) is 10.4 Å². The van der Waals surface area contributed by atoms with Crippen molar-refractivity contribution in [1.82, 2.24) is 0 Å². The Kier molecular flexibility index (Phi) is 4.85. The van der Waals surface area contributed by atoms with Crippen LogP contribution in [0.2, 0.25) is 5.02 Å². The predicted octanol–water partition coefficient (Wildman–Crippen LogP) is 4.30. The van der Waals surface area contributed by atoms with Crippen molar-refractivity contribution in [2.75, 3.05) is 11.9 Å². The van der Waals surface area contributed by atoms with Gasteiger partial charge >= 0.3 is 5.97 Å². The molecule has 0 atom stereocenters. The molecule has 9 heteroatoms. The molecule has 1 amide bonds. The quantitative estimate of drug-likeness (QED) is 0.539. The van der Waals surface area contributed by atoms with Crippen LogP contribution in [0.5, 0.6) is 0 Å². The molecule has 0 saturated carbocycles. The van der Waals surface area contributed by atoms with Crippen LogP contribution in [-0.4, -0.2) is 18.5 Å². The molecule has 1 N–H and O–H groups in total. The molecule has 5 nitrogen and oxygen atoms in total. The lowest BCUT2D eigenvalue weighted by atomic mass is 10.2. The lowest BCUT2D eigenvalue weighted by Crippen LogP contribution is -2.21. The van der Waals surface area contributed by atoms with E-state index in [0.717, 1.165) is 6.07 Å². The Hall–Kier alpha value is -3.00. The summed E-state index contributed by atoms with van der Waals surface area (Å²) in [5.74, 6) is -6.70. The topological polar surface area (TPSA) is 68.5 Å². The minimum Gasteiger partial charge on any atom is -0.450 e. The molecule has 0 spiro atoms. The van der Waals surface area contributed by atoms with E-state index < -0.39 is 41.6 Å². The molecule has 0 aliphatic heterocycles. The van der Waals surface area contributed by atoms with E-state index in [1.807, 2.05) is 5.32 Å². The van der Waals surface area contributed by atoms with E-state index in [0.29, 0.717) is 22.1 Å². The summed E-state index contributed by atoms with van der Waals surface area (Å²) in [7, 11) is 0. The third-order valence-corrected chi connectivity index (χ3v) is 3.56. The van der Waals surface area contributed by atoms with Crippen LogP contribution in [0.1, 0.15) is 10.6 Å². The van der Waals surface area contributed by atoms with E-state index in [1.54, 1.807) is 18.2 Å². The molecule has 3 aromatic rings. The summed E-state index contributed by atoms with van der Waals surface area (Å²) in [5, 5.41) is 2.99. The van der Waals surface area contributed by atoms with Gasteiger partial charge in [-0.25, -0.2) is 18.0 Å². The average Bonchev–Trinajstić information content (AvgIpc) is 3.03. The van der Waals surface area contributed by atoms with E-state index >= 15 is 0 Å². The predicted molar refractivity (Wildman–Crippen MR) is 86.5 cm³/mol. The second-order valence-electron chi connectivity index (χ2n) is 5.14. The van der Waals surface area contributed by atoms with E-state index in [-0.39, 0.29) is 5.76 Å². The van der Waals surface area contributed by atoms with Gasteiger partial charge in [0.15, 0.2) is 24.1 Å². The molecule has 2 aromatic carbocycles. The van der Waals surface area contributed by atoms with E-state index in [4.69, 9.17) is 20.8 Å². The van der Waals surface area contributed by atoms with Gasteiger partial charge in [0.25, 0.3) is 5.91 Å². The highest BCUT2D eigenvalue weighted by Crippen LogP contribution is 2.23. The second kappa shape index (κ2) is 7.09. The molecule has 0 aliphatic rings. The fourth-order valence-corrected chi connectivity index (χ4v) is 2.31. The lowest BCUT2D eigenvalue weighted by Gasteiger charge is -2.07. The Morgan fingerprint density at radius 1 is 1.08 bits per heavy atom. The second-order valence-corrected chi connectivity index (χ2v) is 5.58. The average molecular weight is 384 g/mol. The molecule has 1 aromatic heterocycles. The molecule has 26 heavy (non-hydrogen) atoms. The molecule has 0 fully saturated rings. The Balaban J connectivity index is 1.63. The smallest absolute Gasteiger partial charge is 0.374 e. The number of furan rings is 1. The Bertz CT molecular complexity index is 1020. The van der Waals surface area contributed by atoms with Crippen molar-refractivity contribution in [3.63, 3.8) is 0 Å². The lowest BCUT2D eigenvalue weighted by molar-refractivity contribution is -0.119. The third kappa shape index (κ3) is 3.65. The number of esters is 1. The summed E-state index contributed by atoms with van der Waals surface area (Å²) < 4.78 is 49.4. The zero-order valence-corrected chi connectivity index (χ0v) is 13.6. The Morgan fingerprint density at radius 2 is 1.85 bits per heavy atom. The zero-order chi connectivity index (χ0) is 18.8.